The third-order valence-electron chi connectivity index (χ3n) is 4.57. The average molecular weight is 566 g/mol. The quantitative estimate of drug-likeness (QED) is 0.227. The van der Waals surface area contributed by atoms with Gasteiger partial charge in [0.1, 0.15) is 6.54 Å². The summed E-state index contributed by atoms with van der Waals surface area (Å²) >= 11 is 5.83. The van der Waals surface area contributed by atoms with Gasteiger partial charge in [-0.15, -0.1) is 0 Å². The number of sulfone groups is 1. The predicted octanol–water partition coefficient (Wildman–Crippen LogP) is -2.57. The van der Waals surface area contributed by atoms with Gasteiger partial charge in [0.25, 0.3) is 11.7 Å². The summed E-state index contributed by atoms with van der Waals surface area (Å²) in [5, 5.41) is 2.64. The molecule has 5 N–H and O–H groups in total. The minimum absolute atomic E-state index is 0. The Bertz CT molecular complexity index is 1240. The monoisotopic (exact) mass is 565 g/mol. The number of anilines is 2. The van der Waals surface area contributed by atoms with E-state index in [-0.39, 0.29) is 57.9 Å². The number of carbonyl (C=O) groups excluding carboxylic acids is 1. The van der Waals surface area contributed by atoms with Gasteiger partial charge < -0.3 is 40.8 Å². The SMILES string of the molecule is CC[n+]1c(CNC(=O)c2nc(Cl)c(N)nc2N)n(C)c2cc(S(C)(=O)=O)ccc21.[I-]. The van der Waals surface area contributed by atoms with Crippen molar-refractivity contribution < 1.29 is 41.8 Å². The molecule has 30 heavy (non-hydrogen) atoms. The number of nitrogens with zero attached hydrogens (tertiary/aromatic N) is 4. The number of nitrogens with one attached hydrogen (secondary N) is 1. The first-order valence-electron chi connectivity index (χ1n) is 8.62. The number of carbonyl (C=O) groups is 1. The van der Waals surface area contributed by atoms with Crippen molar-refractivity contribution in [2.75, 3.05) is 17.7 Å². The summed E-state index contributed by atoms with van der Waals surface area (Å²) in [5.41, 5.74) is 12.7. The topological polar surface area (TPSA) is 150 Å². The standard InChI is InChI=1S/C17H20ClN7O3S.HI/c1-4-25-10-6-5-9(29(3,27)28)7-11(10)24(2)12(25)8-21-17(26)13-15(19)23-16(20)14(18)22-13;/h5-7H,4,8H2,1-3H3,(H4-,19,20,21,23,26);1H. The van der Waals surface area contributed by atoms with Crippen LogP contribution >= 0.6 is 11.6 Å². The molecule has 0 radical (unpaired) electrons. The predicted molar refractivity (Wildman–Crippen MR) is 109 cm³/mol. The van der Waals surface area contributed by atoms with Gasteiger partial charge in [-0.2, -0.15) is 0 Å². The second-order valence-electron chi connectivity index (χ2n) is 6.46. The molecule has 0 saturated carbocycles. The van der Waals surface area contributed by atoms with E-state index in [9.17, 15) is 13.2 Å². The van der Waals surface area contributed by atoms with Crippen molar-refractivity contribution in [3.05, 3.63) is 34.9 Å². The fraction of sp³-hybridized carbons (Fsp3) is 0.294. The molecular formula is C17H21ClIN7O3S. The number of fused-ring (bicyclic) bond motifs is 1. The highest BCUT2D eigenvalue weighted by Gasteiger charge is 2.25. The van der Waals surface area contributed by atoms with Crippen LogP contribution in [0.15, 0.2) is 23.1 Å². The van der Waals surface area contributed by atoms with E-state index >= 15 is 0 Å². The summed E-state index contributed by atoms with van der Waals surface area (Å²) in [6.07, 6.45) is 1.16. The summed E-state index contributed by atoms with van der Waals surface area (Å²) in [5.74, 6) is 0.0266. The van der Waals surface area contributed by atoms with Crippen LogP contribution in [-0.2, 0) is 30.0 Å². The van der Waals surface area contributed by atoms with Crippen LogP contribution in [-0.4, -0.2) is 35.1 Å². The number of benzene rings is 1. The van der Waals surface area contributed by atoms with Crippen LogP contribution in [0.3, 0.4) is 0 Å². The molecule has 0 aliphatic rings. The van der Waals surface area contributed by atoms with Gasteiger partial charge in [0.05, 0.1) is 18.5 Å². The molecule has 162 valence electrons. The molecule has 0 aliphatic heterocycles. The Hall–Kier alpha value is -2.19. The molecule has 1 amide bonds. The lowest BCUT2D eigenvalue weighted by Crippen LogP contribution is -3.00. The molecule has 3 rings (SSSR count). The van der Waals surface area contributed by atoms with Crippen LogP contribution in [0.5, 0.6) is 0 Å². The van der Waals surface area contributed by atoms with Crippen molar-refractivity contribution in [1.82, 2.24) is 19.9 Å². The number of nitrogens with two attached hydrogens (primary N) is 2. The highest BCUT2D eigenvalue weighted by molar-refractivity contribution is 7.90. The average Bonchev–Trinajstić information content (AvgIpc) is 2.92. The first-order valence-corrected chi connectivity index (χ1v) is 10.9. The first-order chi connectivity index (χ1) is 13.5. The second kappa shape index (κ2) is 8.89. The molecule has 2 heterocycles. The Morgan fingerprint density at radius 1 is 1.27 bits per heavy atom. The molecule has 0 bridgehead atoms. The lowest BCUT2D eigenvalue weighted by Gasteiger charge is -2.07. The molecular weight excluding hydrogens is 545 g/mol. The van der Waals surface area contributed by atoms with Crippen molar-refractivity contribution in [2.45, 2.75) is 24.9 Å². The largest absolute Gasteiger partial charge is 1.00 e. The van der Waals surface area contributed by atoms with Gasteiger partial charge in [-0.1, -0.05) is 11.6 Å². The normalized spacial score (nSPS) is 11.3. The lowest BCUT2D eigenvalue weighted by atomic mass is 10.3. The van der Waals surface area contributed by atoms with Crippen molar-refractivity contribution in [2.24, 2.45) is 7.05 Å². The Morgan fingerprint density at radius 3 is 2.53 bits per heavy atom. The van der Waals surface area contributed by atoms with E-state index in [0.717, 1.165) is 23.1 Å². The van der Waals surface area contributed by atoms with Crippen LogP contribution in [0.2, 0.25) is 5.15 Å². The molecule has 0 fully saturated rings. The summed E-state index contributed by atoms with van der Waals surface area (Å²) in [4.78, 5) is 20.4. The fourth-order valence-electron chi connectivity index (χ4n) is 3.11. The van der Waals surface area contributed by atoms with E-state index in [1.807, 2.05) is 16.1 Å². The Labute approximate surface area is 195 Å². The summed E-state index contributed by atoms with van der Waals surface area (Å²) in [6.45, 7) is 2.73. The maximum atomic E-state index is 12.5. The highest BCUT2D eigenvalue weighted by atomic mass is 127. The zero-order chi connectivity index (χ0) is 21.5. The highest BCUT2D eigenvalue weighted by Crippen LogP contribution is 2.20. The number of aromatic nitrogens is 4. The van der Waals surface area contributed by atoms with Gasteiger partial charge in [-0.05, 0) is 19.1 Å². The number of rotatable bonds is 5. The Kier molecular flexibility index (Phi) is 7.14. The fourth-order valence-corrected chi connectivity index (χ4v) is 3.88. The minimum atomic E-state index is -3.34. The van der Waals surface area contributed by atoms with Crippen molar-refractivity contribution in [1.29, 1.82) is 0 Å². The molecule has 0 unspecified atom stereocenters. The van der Waals surface area contributed by atoms with Crippen LogP contribution in [0.25, 0.3) is 11.0 Å². The molecule has 0 atom stereocenters. The third-order valence-corrected chi connectivity index (χ3v) is 5.96. The molecule has 0 aliphatic carbocycles. The van der Waals surface area contributed by atoms with E-state index < -0.39 is 15.7 Å². The molecule has 0 spiro atoms. The molecule has 3 aromatic rings. The molecule has 10 nitrogen and oxygen atoms in total. The van der Waals surface area contributed by atoms with Crippen LogP contribution in [0.1, 0.15) is 23.2 Å². The van der Waals surface area contributed by atoms with Gasteiger partial charge in [0.15, 0.2) is 43.4 Å². The maximum Gasteiger partial charge on any atom is 0.276 e. The number of nitrogen functional groups attached to an aromatic ring is 2. The zero-order valence-corrected chi connectivity index (χ0v) is 20.2. The van der Waals surface area contributed by atoms with Crippen LogP contribution in [0.4, 0.5) is 11.6 Å². The Morgan fingerprint density at radius 2 is 1.93 bits per heavy atom. The third kappa shape index (κ3) is 4.44. The summed E-state index contributed by atoms with van der Waals surface area (Å²) in [6, 6.07) is 4.94. The van der Waals surface area contributed by atoms with Crippen molar-refractivity contribution >= 4 is 50.0 Å². The zero-order valence-electron chi connectivity index (χ0n) is 16.5. The number of amides is 1. The van der Waals surface area contributed by atoms with E-state index in [0.29, 0.717) is 6.54 Å². The number of imidazole rings is 1. The summed E-state index contributed by atoms with van der Waals surface area (Å²) < 4.78 is 27.6. The molecule has 1 aromatic carbocycles. The maximum absolute atomic E-state index is 12.5. The van der Waals surface area contributed by atoms with Crippen LogP contribution < -0.4 is 45.3 Å². The smallest absolute Gasteiger partial charge is 0.276 e. The lowest BCUT2D eigenvalue weighted by molar-refractivity contribution is -0.676. The van der Waals surface area contributed by atoms with Gasteiger partial charge in [-0.25, -0.2) is 27.5 Å². The number of aryl methyl sites for hydroxylation is 2. The van der Waals surface area contributed by atoms with E-state index in [1.54, 1.807) is 25.2 Å². The van der Waals surface area contributed by atoms with E-state index in [2.05, 4.69) is 15.3 Å². The van der Waals surface area contributed by atoms with Gasteiger partial charge in [0.2, 0.25) is 0 Å². The minimum Gasteiger partial charge on any atom is -1.00 e. The molecule has 2 aromatic heterocycles. The van der Waals surface area contributed by atoms with Crippen molar-refractivity contribution in [3.8, 4) is 0 Å². The van der Waals surface area contributed by atoms with E-state index in [4.69, 9.17) is 23.1 Å². The van der Waals surface area contributed by atoms with Crippen LogP contribution in [0, 0.1) is 0 Å². The van der Waals surface area contributed by atoms with E-state index in [1.165, 1.54) is 0 Å². The second-order valence-corrected chi connectivity index (χ2v) is 8.83. The Balaban J connectivity index is 0.00000320. The number of hydrogen-bond donors (Lipinski definition) is 3. The first kappa shape index (κ1) is 24.1. The van der Waals surface area contributed by atoms with Gasteiger partial charge >= 0.3 is 0 Å². The number of halogens is 2. The number of hydrogen-bond acceptors (Lipinski definition) is 7. The molecule has 13 heteroatoms. The molecule has 0 saturated heterocycles. The van der Waals surface area contributed by atoms with Gasteiger partial charge in [-0.3, -0.25) is 4.79 Å². The van der Waals surface area contributed by atoms with Crippen molar-refractivity contribution in [3.63, 3.8) is 0 Å². The van der Waals surface area contributed by atoms with Gasteiger partial charge in [0, 0.05) is 12.3 Å². The summed E-state index contributed by atoms with van der Waals surface area (Å²) in [7, 11) is -1.54.